The molecule has 0 amide bonds. The van der Waals surface area contributed by atoms with Gasteiger partial charge in [0.2, 0.25) is 0 Å². The number of hydrogen-bond donors (Lipinski definition) is 1. The van der Waals surface area contributed by atoms with Crippen LogP contribution in [0.3, 0.4) is 0 Å². The molecule has 0 aliphatic carbocycles. The third-order valence-electron chi connectivity index (χ3n) is 2.38. The minimum atomic E-state index is -0.916. The molecule has 0 radical (unpaired) electrons. The van der Waals surface area contributed by atoms with Gasteiger partial charge in [-0.25, -0.2) is 4.68 Å². The van der Waals surface area contributed by atoms with Crippen molar-refractivity contribution in [2.45, 2.75) is 19.5 Å². The molecule has 6 nitrogen and oxygen atoms in total. The summed E-state index contributed by atoms with van der Waals surface area (Å²) in [5.74, 6) is 0.475. The van der Waals surface area contributed by atoms with E-state index >= 15 is 0 Å². The normalized spacial score (nSPS) is 14.1. The molecule has 0 fully saturated rings. The zero-order valence-corrected chi connectivity index (χ0v) is 12.8. The highest BCUT2D eigenvalue weighted by Gasteiger charge is 2.12. The van der Waals surface area contributed by atoms with E-state index < -0.39 is 10.8 Å². The molecule has 1 rings (SSSR count). The lowest BCUT2D eigenvalue weighted by Crippen LogP contribution is -2.28. The molecule has 0 spiro atoms. The van der Waals surface area contributed by atoms with Gasteiger partial charge < -0.3 is 10.1 Å². The molecular weight excluding hydrogens is 290 g/mol. The van der Waals surface area contributed by atoms with Crippen LogP contribution in [0.25, 0.3) is 0 Å². The molecule has 108 valence electrons. The summed E-state index contributed by atoms with van der Waals surface area (Å²) < 4.78 is 17.2. The molecule has 0 saturated heterocycles. The molecule has 2 unspecified atom stereocenters. The minimum Gasteiger partial charge on any atom is -0.383 e. The van der Waals surface area contributed by atoms with Crippen LogP contribution in [0.1, 0.15) is 6.92 Å². The van der Waals surface area contributed by atoms with E-state index in [4.69, 9.17) is 16.3 Å². The Hall–Kier alpha value is -0.920. The number of rotatable bonds is 7. The van der Waals surface area contributed by atoms with Gasteiger partial charge in [-0.15, -0.1) is 0 Å². The van der Waals surface area contributed by atoms with Gasteiger partial charge >= 0.3 is 0 Å². The van der Waals surface area contributed by atoms with E-state index in [0.29, 0.717) is 24.6 Å². The van der Waals surface area contributed by atoms with Gasteiger partial charge in [-0.2, -0.15) is 5.10 Å². The number of aromatic nitrogens is 2. The van der Waals surface area contributed by atoms with Gasteiger partial charge in [-0.1, -0.05) is 11.6 Å². The fraction of sp³-hybridized carbons (Fsp3) is 0.636. The average Bonchev–Trinajstić information content (AvgIpc) is 2.33. The van der Waals surface area contributed by atoms with Crippen LogP contribution in [0.15, 0.2) is 11.0 Å². The van der Waals surface area contributed by atoms with Gasteiger partial charge in [0, 0.05) is 36.0 Å². The number of anilines is 1. The summed E-state index contributed by atoms with van der Waals surface area (Å²) in [7, 11) is 0.635. The Morgan fingerprint density at radius 2 is 2.32 bits per heavy atom. The Labute approximate surface area is 119 Å². The van der Waals surface area contributed by atoms with Crippen molar-refractivity contribution in [3.8, 4) is 0 Å². The standard InChI is InChI=1S/C11H18ClN3O3S/c1-8(7-19(3)17)14-9-6-13-15(4-5-18-2)11(16)10(9)12/h6,8,14H,4-5,7H2,1-3H3. The van der Waals surface area contributed by atoms with Gasteiger partial charge in [0.1, 0.15) is 5.02 Å². The van der Waals surface area contributed by atoms with Crippen molar-refractivity contribution in [1.82, 2.24) is 9.78 Å². The average molecular weight is 308 g/mol. The van der Waals surface area contributed by atoms with Crippen molar-refractivity contribution in [3.05, 3.63) is 21.6 Å². The zero-order valence-electron chi connectivity index (χ0n) is 11.2. The predicted octanol–water partition coefficient (Wildman–Crippen LogP) is 0.722. The summed E-state index contributed by atoms with van der Waals surface area (Å²) >= 11 is 6.01. The van der Waals surface area contributed by atoms with E-state index in [-0.39, 0.29) is 16.6 Å². The fourth-order valence-corrected chi connectivity index (χ4v) is 2.55. The summed E-state index contributed by atoms with van der Waals surface area (Å²) in [6.45, 7) is 2.61. The van der Waals surface area contributed by atoms with Crippen LogP contribution in [0.4, 0.5) is 5.69 Å². The molecule has 1 heterocycles. The molecule has 0 aromatic carbocycles. The molecule has 1 aromatic heterocycles. The first-order valence-corrected chi connectivity index (χ1v) is 7.87. The Bertz CT molecular complexity index is 506. The van der Waals surface area contributed by atoms with Crippen molar-refractivity contribution in [2.75, 3.05) is 31.0 Å². The summed E-state index contributed by atoms with van der Waals surface area (Å²) in [4.78, 5) is 11.9. The molecule has 19 heavy (non-hydrogen) atoms. The largest absolute Gasteiger partial charge is 0.383 e. The van der Waals surface area contributed by atoms with E-state index in [9.17, 15) is 9.00 Å². The van der Waals surface area contributed by atoms with E-state index in [1.54, 1.807) is 13.4 Å². The number of nitrogens with one attached hydrogen (secondary N) is 1. The molecule has 1 aromatic rings. The highest BCUT2D eigenvalue weighted by molar-refractivity contribution is 7.84. The summed E-state index contributed by atoms with van der Waals surface area (Å²) in [6, 6.07) is -0.0561. The SMILES string of the molecule is COCCn1ncc(NC(C)CS(C)=O)c(Cl)c1=O. The van der Waals surface area contributed by atoms with E-state index in [1.807, 2.05) is 6.92 Å². The Morgan fingerprint density at radius 1 is 1.63 bits per heavy atom. The van der Waals surface area contributed by atoms with Crippen LogP contribution in [0, 0.1) is 0 Å². The van der Waals surface area contributed by atoms with Gasteiger partial charge in [-0.3, -0.25) is 9.00 Å². The summed E-state index contributed by atoms with van der Waals surface area (Å²) in [5.41, 5.74) is 0.0896. The van der Waals surface area contributed by atoms with Crippen LogP contribution >= 0.6 is 11.6 Å². The van der Waals surface area contributed by atoms with Crippen LogP contribution in [-0.4, -0.2) is 45.8 Å². The minimum absolute atomic E-state index is 0.0561. The van der Waals surface area contributed by atoms with Crippen molar-refractivity contribution >= 4 is 28.1 Å². The second kappa shape index (κ2) is 7.62. The van der Waals surface area contributed by atoms with Crippen LogP contribution in [0.5, 0.6) is 0 Å². The van der Waals surface area contributed by atoms with Crippen LogP contribution < -0.4 is 10.9 Å². The third-order valence-corrected chi connectivity index (χ3v) is 3.71. The molecule has 0 aliphatic rings. The molecule has 1 N–H and O–H groups in total. The molecule has 2 atom stereocenters. The predicted molar refractivity (Wildman–Crippen MR) is 77.4 cm³/mol. The van der Waals surface area contributed by atoms with E-state index in [0.717, 1.165) is 0 Å². The van der Waals surface area contributed by atoms with Crippen LogP contribution in [-0.2, 0) is 22.1 Å². The first-order chi connectivity index (χ1) is 8.95. The second-order valence-corrected chi connectivity index (χ2v) is 6.04. The first-order valence-electron chi connectivity index (χ1n) is 5.76. The topological polar surface area (TPSA) is 73.2 Å². The smallest absolute Gasteiger partial charge is 0.287 e. The van der Waals surface area contributed by atoms with Crippen molar-refractivity contribution in [1.29, 1.82) is 0 Å². The maximum absolute atomic E-state index is 11.9. The quantitative estimate of drug-likeness (QED) is 0.803. The Morgan fingerprint density at radius 3 is 2.89 bits per heavy atom. The summed E-state index contributed by atoms with van der Waals surface area (Å²) in [5, 5.41) is 7.13. The molecule has 8 heteroatoms. The van der Waals surface area contributed by atoms with Gasteiger partial charge in [-0.05, 0) is 6.92 Å². The number of methoxy groups -OCH3 is 1. The third kappa shape index (κ3) is 4.93. The monoisotopic (exact) mass is 307 g/mol. The Kier molecular flexibility index (Phi) is 6.47. The number of ether oxygens (including phenoxy) is 1. The highest BCUT2D eigenvalue weighted by Crippen LogP contribution is 2.16. The van der Waals surface area contributed by atoms with E-state index in [1.165, 1.54) is 10.9 Å². The lowest BCUT2D eigenvalue weighted by molar-refractivity contribution is 0.182. The van der Waals surface area contributed by atoms with Crippen molar-refractivity contribution in [3.63, 3.8) is 0 Å². The zero-order chi connectivity index (χ0) is 14.4. The number of hydrogen-bond acceptors (Lipinski definition) is 5. The number of halogens is 1. The van der Waals surface area contributed by atoms with Gasteiger partial charge in [0.05, 0.1) is 25.0 Å². The second-order valence-electron chi connectivity index (χ2n) is 4.18. The maximum atomic E-state index is 11.9. The molecule has 0 saturated carbocycles. The highest BCUT2D eigenvalue weighted by atomic mass is 35.5. The van der Waals surface area contributed by atoms with Crippen LogP contribution in [0.2, 0.25) is 5.02 Å². The lowest BCUT2D eigenvalue weighted by Gasteiger charge is -2.15. The van der Waals surface area contributed by atoms with Gasteiger partial charge in [0.25, 0.3) is 5.56 Å². The summed E-state index contributed by atoms with van der Waals surface area (Å²) in [6.07, 6.45) is 3.12. The Balaban J connectivity index is 2.84. The lowest BCUT2D eigenvalue weighted by atomic mass is 10.3. The fourth-order valence-electron chi connectivity index (χ4n) is 1.56. The molecule has 0 aliphatic heterocycles. The van der Waals surface area contributed by atoms with Crippen molar-refractivity contribution < 1.29 is 8.95 Å². The first kappa shape index (κ1) is 16.1. The van der Waals surface area contributed by atoms with E-state index in [2.05, 4.69) is 10.4 Å². The number of nitrogens with zero attached hydrogens (tertiary/aromatic N) is 2. The van der Waals surface area contributed by atoms with Gasteiger partial charge in [0.15, 0.2) is 0 Å². The molecular formula is C11H18ClN3O3S. The molecule has 0 bridgehead atoms. The van der Waals surface area contributed by atoms with Crippen molar-refractivity contribution in [2.24, 2.45) is 0 Å². The maximum Gasteiger partial charge on any atom is 0.287 e.